The summed E-state index contributed by atoms with van der Waals surface area (Å²) in [5, 5.41) is 29.9. The highest BCUT2D eigenvalue weighted by atomic mass is 16.3. The molecular weight excluding hydrogens is 1430 g/mol. The zero-order valence-corrected chi connectivity index (χ0v) is 62.5. The fraction of sp³-hybridized carbons (Fsp3) is 0. The maximum Gasteiger partial charge on any atom is 0.136 e. The number of furan rings is 3. The van der Waals surface area contributed by atoms with Gasteiger partial charge in [0, 0.05) is 146 Å². The summed E-state index contributed by atoms with van der Waals surface area (Å²) in [4.78, 5) is 0. The highest BCUT2D eigenvalue weighted by Gasteiger charge is 2.30. The van der Waals surface area contributed by atoms with Gasteiger partial charge >= 0.3 is 0 Å². The Morgan fingerprint density at radius 3 is 0.855 bits per heavy atom. The van der Waals surface area contributed by atoms with Gasteiger partial charge in [-0.05, 0) is 146 Å². The first kappa shape index (κ1) is 61.8. The van der Waals surface area contributed by atoms with Crippen LogP contribution in [0.5, 0.6) is 0 Å². The van der Waals surface area contributed by atoms with Crippen LogP contribution in [0.25, 0.3) is 263 Å². The molecule has 0 saturated carbocycles. The van der Waals surface area contributed by atoms with Gasteiger partial charge in [0.1, 0.15) is 33.5 Å². The van der Waals surface area contributed by atoms with Crippen molar-refractivity contribution in [2.75, 3.05) is 0 Å². The highest BCUT2D eigenvalue weighted by molar-refractivity contribution is 6.40. The number of hydrogen-bond acceptors (Lipinski definition) is 3. The third kappa shape index (κ3) is 8.01. The van der Waals surface area contributed by atoms with E-state index < -0.39 is 0 Å². The van der Waals surface area contributed by atoms with Crippen LogP contribution >= 0.6 is 0 Å². The first-order valence-electron chi connectivity index (χ1n) is 40.1. The standard InChI is InChI=1S/3C36H20N2O/c1-2-10-21(11-3-1)37-28-15-7-4-13-23(28)34-31(37)19-27-25-20-33-26(22-12-6-9-17-32(22)39-33)18-30(25)38-29-16-8-5-14-24(29)35(34)36(27)38;1-2-10-21(11-3-1)37-29-15-7-4-12-22(29)27-18-28-25-20-33-26(23-13-6-9-17-32(23)39-33)19-31(25)38-30-16-8-5-14-24(30)34(35(27)37)36(28)38;1-2-10-21(11-3-1)37-29-16-8-5-14-24(29)34-31(37)19-26-22-12-4-7-15-28(22)38-30-18-25-23-13-6-9-17-32(23)39-33(25)20-27(30)35(34)36(26)38/h3*1-20H. The molecule has 0 N–H and O–H groups in total. The van der Waals surface area contributed by atoms with Crippen LogP contribution < -0.4 is 0 Å². The maximum atomic E-state index is 6.40. The summed E-state index contributed by atoms with van der Waals surface area (Å²) in [5.74, 6) is 0. The van der Waals surface area contributed by atoms with Crippen molar-refractivity contribution in [3.05, 3.63) is 364 Å². The van der Waals surface area contributed by atoms with Crippen molar-refractivity contribution < 1.29 is 13.3 Å². The lowest BCUT2D eigenvalue weighted by Gasteiger charge is -2.09. The number of para-hydroxylation sites is 12. The molecule has 12 aromatic heterocycles. The molecule has 12 heterocycles. The van der Waals surface area contributed by atoms with Gasteiger partial charge in [-0.1, -0.05) is 218 Å². The summed E-state index contributed by atoms with van der Waals surface area (Å²) in [6.07, 6.45) is 0. The Hall–Kier alpha value is -15.8. The molecule has 30 rings (SSSR count). The van der Waals surface area contributed by atoms with Crippen molar-refractivity contribution in [1.29, 1.82) is 0 Å². The Labute approximate surface area is 662 Å². The van der Waals surface area contributed by atoms with E-state index in [4.69, 9.17) is 13.3 Å². The summed E-state index contributed by atoms with van der Waals surface area (Å²) >= 11 is 0. The Morgan fingerprint density at radius 1 is 0.137 bits per heavy atom. The van der Waals surface area contributed by atoms with E-state index in [9.17, 15) is 0 Å². The lowest BCUT2D eigenvalue weighted by molar-refractivity contribution is 0.669. The predicted octanol–water partition coefficient (Wildman–Crippen LogP) is 29.5. The Balaban J connectivity index is 0.0000000917. The smallest absolute Gasteiger partial charge is 0.136 e. The normalized spacial score (nSPS) is 12.6. The van der Waals surface area contributed by atoms with Crippen LogP contribution in [0.3, 0.4) is 0 Å². The van der Waals surface area contributed by atoms with Crippen molar-refractivity contribution in [3.8, 4) is 17.1 Å². The van der Waals surface area contributed by atoms with Crippen LogP contribution in [0.1, 0.15) is 0 Å². The van der Waals surface area contributed by atoms with E-state index in [0.717, 1.165) is 65.8 Å². The summed E-state index contributed by atoms with van der Waals surface area (Å²) in [6.45, 7) is 0. The van der Waals surface area contributed by atoms with Gasteiger partial charge in [0.15, 0.2) is 0 Å². The van der Waals surface area contributed by atoms with E-state index in [2.05, 4.69) is 373 Å². The molecule has 0 fully saturated rings. The molecule has 0 atom stereocenters. The monoisotopic (exact) mass is 1490 g/mol. The van der Waals surface area contributed by atoms with Crippen molar-refractivity contribution in [3.63, 3.8) is 0 Å². The third-order valence-corrected chi connectivity index (χ3v) is 25.8. The fourth-order valence-electron chi connectivity index (χ4n) is 21.2. The zero-order chi connectivity index (χ0) is 75.7. The fourth-order valence-corrected chi connectivity index (χ4v) is 21.2. The molecule has 0 unspecified atom stereocenters. The number of aromatic nitrogens is 6. The quantitative estimate of drug-likeness (QED) is 0.177. The minimum absolute atomic E-state index is 0.929. The summed E-state index contributed by atoms with van der Waals surface area (Å²) in [6, 6.07) is 131. The molecule has 0 radical (unpaired) electrons. The Bertz CT molecular complexity index is 9460. The van der Waals surface area contributed by atoms with Crippen LogP contribution in [0, 0.1) is 0 Å². The van der Waals surface area contributed by atoms with Crippen LogP contribution in [0.15, 0.2) is 377 Å². The van der Waals surface area contributed by atoms with Crippen LogP contribution in [-0.4, -0.2) is 26.9 Å². The first-order valence-corrected chi connectivity index (χ1v) is 40.1. The number of nitrogens with zero attached hydrogens (tertiary/aromatic N) is 6. The average molecular weight is 1490 g/mol. The van der Waals surface area contributed by atoms with E-state index >= 15 is 0 Å². The molecule has 0 amide bonds. The average Bonchev–Trinajstić information content (AvgIpc) is 1.52. The molecule has 9 nitrogen and oxygen atoms in total. The molecule has 0 aliphatic carbocycles. The lowest BCUT2D eigenvalue weighted by atomic mass is 10.0. The predicted molar refractivity (Wildman–Crippen MR) is 488 cm³/mol. The number of benzene rings is 18. The maximum absolute atomic E-state index is 6.40. The molecule has 0 aliphatic rings. The Morgan fingerprint density at radius 2 is 0.410 bits per heavy atom. The molecule has 30 aromatic rings. The molecule has 0 aliphatic heterocycles. The largest absolute Gasteiger partial charge is 0.456 e. The van der Waals surface area contributed by atoms with E-state index in [0.29, 0.717) is 0 Å². The van der Waals surface area contributed by atoms with Gasteiger partial charge in [-0.15, -0.1) is 0 Å². The second-order valence-corrected chi connectivity index (χ2v) is 31.6. The molecule has 0 saturated heterocycles. The van der Waals surface area contributed by atoms with Crippen LogP contribution in [0.4, 0.5) is 0 Å². The topological polar surface area (TPSA) is 67.4 Å². The van der Waals surface area contributed by atoms with E-state index in [-0.39, 0.29) is 0 Å². The van der Waals surface area contributed by atoms with Gasteiger partial charge in [0.25, 0.3) is 0 Å². The third-order valence-electron chi connectivity index (χ3n) is 25.8. The summed E-state index contributed by atoms with van der Waals surface area (Å²) < 4.78 is 33.8. The zero-order valence-electron chi connectivity index (χ0n) is 62.5. The SMILES string of the molecule is c1ccc(-n2c3ccccc3c3c4c5cc6oc7ccccc7c6cc5n5c6ccccc6c(cc32)c45)cc1.c1ccc(-n2c3ccccc3c3c4c5ccccc5n5c6cc7c(cc6c(cc32)c45)oc2ccccc27)cc1.c1ccc(-n2c3ccccc3c3cc4c5cc6oc7ccccc7c6cc5n5c6ccccc6c(c32)c45)cc1. The van der Waals surface area contributed by atoms with E-state index in [1.54, 1.807) is 0 Å². The van der Waals surface area contributed by atoms with Gasteiger partial charge in [-0.3, -0.25) is 0 Å². The molecular formula is C108H60N6O3. The van der Waals surface area contributed by atoms with Gasteiger partial charge < -0.3 is 40.2 Å². The van der Waals surface area contributed by atoms with Crippen molar-refractivity contribution in [2.45, 2.75) is 0 Å². The van der Waals surface area contributed by atoms with Gasteiger partial charge in [-0.2, -0.15) is 0 Å². The molecule has 0 bridgehead atoms. The van der Waals surface area contributed by atoms with Crippen LogP contribution in [-0.2, 0) is 0 Å². The van der Waals surface area contributed by atoms with Crippen molar-refractivity contribution in [2.24, 2.45) is 0 Å². The molecule has 540 valence electrons. The molecule has 9 heteroatoms. The first-order chi connectivity index (χ1) is 58.1. The minimum atomic E-state index is 0.929. The second-order valence-electron chi connectivity index (χ2n) is 31.6. The summed E-state index contributed by atoms with van der Waals surface area (Å²) in [5.41, 5.74) is 27.7. The molecule has 117 heavy (non-hydrogen) atoms. The van der Waals surface area contributed by atoms with E-state index in [1.165, 1.54) is 197 Å². The highest BCUT2D eigenvalue weighted by Crippen LogP contribution is 2.53. The number of rotatable bonds is 3. The second kappa shape index (κ2) is 22.5. The van der Waals surface area contributed by atoms with Gasteiger partial charge in [0.2, 0.25) is 0 Å². The Kier molecular flexibility index (Phi) is 11.9. The summed E-state index contributed by atoms with van der Waals surface area (Å²) in [7, 11) is 0. The lowest BCUT2D eigenvalue weighted by Crippen LogP contribution is -1.93. The number of hydrogen-bond donors (Lipinski definition) is 0. The molecule has 18 aromatic carbocycles. The van der Waals surface area contributed by atoms with Gasteiger partial charge in [0.05, 0.1) is 82.8 Å². The molecule has 0 spiro atoms. The van der Waals surface area contributed by atoms with Crippen molar-refractivity contribution in [1.82, 2.24) is 26.9 Å². The minimum Gasteiger partial charge on any atom is -0.456 e. The van der Waals surface area contributed by atoms with Crippen LogP contribution in [0.2, 0.25) is 0 Å². The number of fused-ring (bicyclic) bond motifs is 39. The van der Waals surface area contributed by atoms with E-state index in [1.807, 2.05) is 18.2 Å². The van der Waals surface area contributed by atoms with Crippen molar-refractivity contribution >= 4 is 246 Å². The van der Waals surface area contributed by atoms with Gasteiger partial charge in [-0.25, -0.2) is 0 Å².